The molecule has 2 aromatic rings. The van der Waals surface area contributed by atoms with Gasteiger partial charge in [-0.25, -0.2) is 0 Å². The van der Waals surface area contributed by atoms with Crippen molar-refractivity contribution >= 4 is 29.1 Å². The van der Waals surface area contributed by atoms with E-state index in [0.29, 0.717) is 11.3 Å². The van der Waals surface area contributed by atoms with Crippen LogP contribution in [0.4, 0.5) is 11.4 Å². The normalized spacial score (nSPS) is 14.1. The summed E-state index contributed by atoms with van der Waals surface area (Å²) in [5, 5.41) is 2.97. The summed E-state index contributed by atoms with van der Waals surface area (Å²) in [6, 6.07) is 12.5. The number of anilines is 2. The van der Waals surface area contributed by atoms with Crippen LogP contribution in [0.5, 0.6) is 0 Å². The first-order valence-electron chi connectivity index (χ1n) is 8.37. The smallest absolute Gasteiger partial charge is 0.255 e. The van der Waals surface area contributed by atoms with Gasteiger partial charge in [0.2, 0.25) is 11.8 Å². The van der Waals surface area contributed by atoms with Crippen LogP contribution in [-0.2, 0) is 16.0 Å². The molecule has 0 aliphatic carbocycles. The molecule has 0 radical (unpaired) electrons. The van der Waals surface area contributed by atoms with Crippen LogP contribution >= 0.6 is 0 Å². The Kier molecular flexibility index (Phi) is 4.65. The number of amides is 3. The highest BCUT2D eigenvalue weighted by Gasteiger charge is 2.30. The van der Waals surface area contributed by atoms with Crippen molar-refractivity contribution in [2.24, 2.45) is 0 Å². The Hall–Kier alpha value is -2.95. The van der Waals surface area contributed by atoms with Gasteiger partial charge in [0.15, 0.2) is 0 Å². The minimum absolute atomic E-state index is 0.199. The van der Waals surface area contributed by atoms with Crippen LogP contribution < -0.4 is 10.2 Å². The maximum absolute atomic E-state index is 12.5. The van der Waals surface area contributed by atoms with Crippen LogP contribution in [0, 0.1) is 6.92 Å². The Morgan fingerprint density at radius 2 is 1.68 bits per heavy atom. The number of aryl methyl sites for hydroxylation is 2. The first-order chi connectivity index (χ1) is 12.0. The van der Waals surface area contributed by atoms with Crippen LogP contribution in [0.3, 0.4) is 0 Å². The Labute approximate surface area is 146 Å². The van der Waals surface area contributed by atoms with Gasteiger partial charge in [-0.3, -0.25) is 19.3 Å². The lowest BCUT2D eigenvalue weighted by atomic mass is 10.1. The predicted octanol–water partition coefficient (Wildman–Crippen LogP) is 3.46. The molecule has 2 aromatic carbocycles. The quantitative estimate of drug-likeness (QED) is 0.870. The number of imide groups is 1. The number of carbonyl (C=O) groups excluding carboxylic acids is 3. The highest BCUT2D eigenvalue weighted by atomic mass is 16.2. The van der Waals surface area contributed by atoms with E-state index in [1.54, 1.807) is 24.3 Å². The zero-order valence-corrected chi connectivity index (χ0v) is 14.3. The second-order valence-corrected chi connectivity index (χ2v) is 6.09. The number of carbonyl (C=O) groups is 3. The summed E-state index contributed by atoms with van der Waals surface area (Å²) >= 11 is 0. The first kappa shape index (κ1) is 16.9. The molecular formula is C20H20N2O3. The lowest BCUT2D eigenvalue weighted by molar-refractivity contribution is -0.121. The summed E-state index contributed by atoms with van der Waals surface area (Å²) in [5.74, 6) is -0.612. The van der Waals surface area contributed by atoms with Crippen molar-refractivity contribution in [2.75, 3.05) is 10.2 Å². The van der Waals surface area contributed by atoms with Crippen LogP contribution in [0.1, 0.15) is 41.3 Å². The highest BCUT2D eigenvalue weighted by Crippen LogP contribution is 2.24. The molecule has 1 aliphatic heterocycles. The number of benzene rings is 2. The molecule has 1 saturated heterocycles. The Morgan fingerprint density at radius 3 is 2.28 bits per heavy atom. The fraction of sp³-hybridized carbons (Fsp3) is 0.250. The van der Waals surface area contributed by atoms with Gasteiger partial charge in [0, 0.05) is 24.1 Å². The Morgan fingerprint density at radius 1 is 1.04 bits per heavy atom. The summed E-state index contributed by atoms with van der Waals surface area (Å²) < 4.78 is 0. The van der Waals surface area contributed by atoms with Crippen LogP contribution in [-0.4, -0.2) is 17.7 Å². The third-order valence-electron chi connectivity index (χ3n) is 4.42. The molecule has 0 unspecified atom stereocenters. The average molecular weight is 336 g/mol. The molecule has 25 heavy (non-hydrogen) atoms. The van der Waals surface area contributed by atoms with E-state index in [1.807, 2.05) is 32.0 Å². The third kappa shape index (κ3) is 3.31. The monoisotopic (exact) mass is 336 g/mol. The molecule has 3 rings (SSSR count). The minimum Gasteiger partial charge on any atom is -0.321 e. The van der Waals surface area contributed by atoms with Crippen molar-refractivity contribution in [1.29, 1.82) is 0 Å². The molecule has 0 spiro atoms. The van der Waals surface area contributed by atoms with E-state index in [4.69, 9.17) is 0 Å². The number of nitrogens with one attached hydrogen (secondary N) is 1. The van der Waals surface area contributed by atoms with Crippen molar-refractivity contribution < 1.29 is 14.4 Å². The van der Waals surface area contributed by atoms with Crippen molar-refractivity contribution in [3.05, 3.63) is 59.2 Å². The summed E-state index contributed by atoms with van der Waals surface area (Å²) in [7, 11) is 0. The Bertz CT molecular complexity index is 825. The van der Waals surface area contributed by atoms with E-state index in [-0.39, 0.29) is 30.6 Å². The van der Waals surface area contributed by atoms with Gasteiger partial charge in [0.1, 0.15) is 0 Å². The molecule has 0 atom stereocenters. The van der Waals surface area contributed by atoms with Crippen LogP contribution in [0.2, 0.25) is 0 Å². The molecule has 1 fully saturated rings. The number of nitrogens with zero attached hydrogens (tertiary/aromatic N) is 1. The van der Waals surface area contributed by atoms with Gasteiger partial charge >= 0.3 is 0 Å². The molecule has 5 nitrogen and oxygen atoms in total. The molecule has 0 aromatic heterocycles. The molecule has 0 saturated carbocycles. The number of hydrogen-bond acceptors (Lipinski definition) is 3. The Balaban J connectivity index is 1.80. The van der Waals surface area contributed by atoms with E-state index in [1.165, 1.54) is 4.90 Å². The molecular weight excluding hydrogens is 316 g/mol. The van der Waals surface area contributed by atoms with Gasteiger partial charge in [0.05, 0.1) is 5.69 Å². The highest BCUT2D eigenvalue weighted by molar-refractivity contribution is 6.20. The van der Waals surface area contributed by atoms with Crippen LogP contribution in [0.25, 0.3) is 0 Å². The van der Waals surface area contributed by atoms with Gasteiger partial charge in [-0.15, -0.1) is 0 Å². The van der Waals surface area contributed by atoms with Gasteiger partial charge < -0.3 is 5.32 Å². The van der Waals surface area contributed by atoms with Crippen molar-refractivity contribution in [3.8, 4) is 0 Å². The summed E-state index contributed by atoms with van der Waals surface area (Å²) in [5.41, 5.74) is 3.92. The average Bonchev–Trinajstić information content (AvgIpc) is 2.95. The molecule has 128 valence electrons. The van der Waals surface area contributed by atoms with Gasteiger partial charge in [-0.1, -0.05) is 25.1 Å². The second-order valence-electron chi connectivity index (χ2n) is 6.09. The largest absolute Gasteiger partial charge is 0.321 e. The van der Waals surface area contributed by atoms with Gasteiger partial charge in [-0.2, -0.15) is 0 Å². The fourth-order valence-corrected chi connectivity index (χ4v) is 3.01. The second kappa shape index (κ2) is 6.89. The molecule has 1 heterocycles. The van der Waals surface area contributed by atoms with E-state index in [0.717, 1.165) is 23.2 Å². The minimum atomic E-state index is -0.213. The summed E-state index contributed by atoms with van der Waals surface area (Å²) in [6.07, 6.45) is 1.32. The molecule has 1 aliphatic rings. The SMILES string of the molecule is CCc1cccc(C)c1NC(=O)c1ccc(N2C(=O)CCC2=O)cc1. The van der Waals surface area contributed by atoms with Gasteiger partial charge in [-0.05, 0) is 48.7 Å². The van der Waals surface area contributed by atoms with E-state index in [9.17, 15) is 14.4 Å². The molecule has 3 amide bonds. The van der Waals surface area contributed by atoms with Crippen LogP contribution in [0.15, 0.2) is 42.5 Å². The van der Waals surface area contributed by atoms with E-state index in [2.05, 4.69) is 5.32 Å². The van der Waals surface area contributed by atoms with Crippen molar-refractivity contribution in [2.45, 2.75) is 33.1 Å². The summed E-state index contributed by atoms with van der Waals surface area (Å²) in [6.45, 7) is 4.01. The van der Waals surface area contributed by atoms with E-state index >= 15 is 0 Å². The summed E-state index contributed by atoms with van der Waals surface area (Å²) in [4.78, 5) is 37.3. The number of hydrogen-bond donors (Lipinski definition) is 1. The molecule has 0 bridgehead atoms. The third-order valence-corrected chi connectivity index (χ3v) is 4.42. The van der Waals surface area contributed by atoms with Gasteiger partial charge in [0.25, 0.3) is 5.91 Å². The maximum atomic E-state index is 12.5. The zero-order chi connectivity index (χ0) is 18.0. The molecule has 1 N–H and O–H groups in total. The fourth-order valence-electron chi connectivity index (χ4n) is 3.01. The standard InChI is InChI=1S/C20H20N2O3/c1-3-14-6-4-5-13(2)19(14)21-20(25)15-7-9-16(10-8-15)22-17(23)11-12-18(22)24/h4-10H,3,11-12H2,1-2H3,(H,21,25). The zero-order valence-electron chi connectivity index (χ0n) is 14.3. The van der Waals surface area contributed by atoms with Crippen molar-refractivity contribution in [3.63, 3.8) is 0 Å². The van der Waals surface area contributed by atoms with E-state index < -0.39 is 0 Å². The lowest BCUT2D eigenvalue weighted by Gasteiger charge is -2.15. The number of para-hydroxylation sites is 1. The molecule has 5 heteroatoms. The number of rotatable bonds is 4. The lowest BCUT2D eigenvalue weighted by Crippen LogP contribution is -2.28. The maximum Gasteiger partial charge on any atom is 0.255 e. The topological polar surface area (TPSA) is 66.5 Å². The first-order valence-corrected chi connectivity index (χ1v) is 8.37. The predicted molar refractivity (Wildman–Crippen MR) is 96.7 cm³/mol. The van der Waals surface area contributed by atoms with Crippen molar-refractivity contribution in [1.82, 2.24) is 0 Å².